The van der Waals surface area contributed by atoms with Gasteiger partial charge in [-0.1, -0.05) is 0 Å². The van der Waals surface area contributed by atoms with Crippen molar-refractivity contribution in [1.29, 1.82) is 0 Å². The summed E-state index contributed by atoms with van der Waals surface area (Å²) in [6.45, 7) is -0.558. The molecule has 0 saturated heterocycles. The Morgan fingerprint density at radius 1 is 1.05 bits per heavy atom. The van der Waals surface area contributed by atoms with Crippen LogP contribution in [0.25, 0.3) is 0 Å². The van der Waals surface area contributed by atoms with Crippen molar-refractivity contribution in [2.75, 3.05) is 19.7 Å². The van der Waals surface area contributed by atoms with Crippen LogP contribution < -0.4 is 22.1 Å². The number of nitrogens with one attached hydrogen (secondary N) is 2. The highest BCUT2D eigenvalue weighted by Crippen LogP contribution is 2.01. The molecule has 0 spiro atoms. The molecule has 0 aliphatic carbocycles. The number of aliphatic carboxylic acids is 1. The predicted molar refractivity (Wildman–Crippen MR) is 70.5 cm³/mol. The van der Waals surface area contributed by atoms with E-state index in [-0.39, 0.29) is 6.54 Å². The minimum Gasteiger partial charge on any atom is -0.480 e. The summed E-state index contributed by atoms with van der Waals surface area (Å²) in [5.41, 5.74) is 10.5. The fraction of sp³-hybridized carbons (Fsp3) is 0.727. The first-order valence-electron chi connectivity index (χ1n) is 6.29. The van der Waals surface area contributed by atoms with Crippen LogP contribution in [0.5, 0.6) is 0 Å². The number of carboxylic acids is 1. The number of carboxylic acid groups (broad SMARTS) is 1. The van der Waals surface area contributed by atoms with Gasteiger partial charge in [-0.15, -0.1) is 0 Å². The summed E-state index contributed by atoms with van der Waals surface area (Å²) in [5.74, 6) is -2.55. The number of unbranched alkanes of at least 4 members (excludes halogenated alkanes) is 1. The van der Waals surface area contributed by atoms with Gasteiger partial charge < -0.3 is 32.3 Å². The van der Waals surface area contributed by atoms with Crippen LogP contribution >= 0.6 is 0 Å². The van der Waals surface area contributed by atoms with Gasteiger partial charge in [-0.3, -0.25) is 9.59 Å². The molecule has 0 saturated carbocycles. The van der Waals surface area contributed by atoms with Crippen LogP contribution in [0.4, 0.5) is 0 Å². The number of rotatable bonds is 10. The molecular formula is C11H22N4O5. The highest BCUT2D eigenvalue weighted by molar-refractivity contribution is 5.90. The second kappa shape index (κ2) is 10.1. The second-order valence-electron chi connectivity index (χ2n) is 4.19. The van der Waals surface area contributed by atoms with Crippen LogP contribution in [0, 0.1) is 0 Å². The fourth-order valence-corrected chi connectivity index (χ4v) is 1.47. The van der Waals surface area contributed by atoms with Crippen molar-refractivity contribution < 1.29 is 24.6 Å². The third kappa shape index (κ3) is 7.02. The zero-order valence-electron chi connectivity index (χ0n) is 11.2. The van der Waals surface area contributed by atoms with Gasteiger partial charge in [0.05, 0.1) is 13.2 Å². The maximum atomic E-state index is 11.9. The molecule has 0 aromatic carbocycles. The molecule has 2 amide bonds. The van der Waals surface area contributed by atoms with Crippen molar-refractivity contribution in [1.82, 2.24) is 10.6 Å². The molecular weight excluding hydrogens is 268 g/mol. The van der Waals surface area contributed by atoms with Crippen molar-refractivity contribution in [2.45, 2.75) is 31.3 Å². The summed E-state index contributed by atoms with van der Waals surface area (Å²) in [4.78, 5) is 33.9. The van der Waals surface area contributed by atoms with Crippen molar-refractivity contribution >= 4 is 17.8 Å². The molecule has 0 radical (unpaired) electrons. The number of aliphatic hydroxyl groups excluding tert-OH is 1. The van der Waals surface area contributed by atoms with Crippen molar-refractivity contribution in [3.8, 4) is 0 Å². The van der Waals surface area contributed by atoms with Gasteiger partial charge in [0.1, 0.15) is 12.1 Å². The molecule has 116 valence electrons. The number of carbonyl (C=O) groups is 3. The topological polar surface area (TPSA) is 168 Å². The molecule has 9 nitrogen and oxygen atoms in total. The van der Waals surface area contributed by atoms with Gasteiger partial charge in [0.15, 0.2) is 0 Å². The SMILES string of the molecule is NCCCC[C@H](NC(=O)CN)C(=O)N[C@@H](CO)C(=O)O. The van der Waals surface area contributed by atoms with E-state index in [2.05, 4.69) is 10.6 Å². The lowest BCUT2D eigenvalue weighted by molar-refractivity contribution is -0.143. The standard InChI is InChI=1S/C11H22N4O5/c12-4-2-1-3-7(14-9(17)5-13)10(18)15-8(6-16)11(19)20/h7-8,16H,1-6,12-13H2,(H,14,17)(H,15,18)(H,19,20)/t7-,8-/m0/s1. The molecule has 20 heavy (non-hydrogen) atoms. The lowest BCUT2D eigenvalue weighted by Gasteiger charge is -2.20. The Labute approximate surface area is 116 Å². The number of hydrogen-bond acceptors (Lipinski definition) is 6. The fourth-order valence-electron chi connectivity index (χ4n) is 1.47. The minimum absolute atomic E-state index is 0.275. The smallest absolute Gasteiger partial charge is 0.328 e. The number of amides is 2. The van der Waals surface area contributed by atoms with Gasteiger partial charge in [-0.25, -0.2) is 4.79 Å². The molecule has 0 unspecified atom stereocenters. The largest absolute Gasteiger partial charge is 0.480 e. The summed E-state index contributed by atoms with van der Waals surface area (Å²) >= 11 is 0. The van der Waals surface area contributed by atoms with E-state index in [1.54, 1.807) is 0 Å². The quantitative estimate of drug-likeness (QED) is 0.235. The number of carbonyl (C=O) groups excluding carboxylic acids is 2. The molecule has 0 fully saturated rings. The zero-order chi connectivity index (χ0) is 15.5. The van der Waals surface area contributed by atoms with Crippen LogP contribution in [-0.4, -0.2) is 59.8 Å². The average Bonchev–Trinajstić information content (AvgIpc) is 2.42. The highest BCUT2D eigenvalue weighted by Gasteiger charge is 2.25. The Morgan fingerprint density at radius 2 is 1.70 bits per heavy atom. The van der Waals surface area contributed by atoms with Gasteiger partial charge in [0, 0.05) is 0 Å². The molecule has 9 heteroatoms. The van der Waals surface area contributed by atoms with Gasteiger partial charge in [0.25, 0.3) is 0 Å². The molecule has 0 heterocycles. The first-order chi connectivity index (χ1) is 9.46. The van der Waals surface area contributed by atoms with E-state index in [1.165, 1.54) is 0 Å². The van der Waals surface area contributed by atoms with E-state index < -0.39 is 36.5 Å². The van der Waals surface area contributed by atoms with E-state index in [1.807, 2.05) is 0 Å². The third-order valence-corrected chi connectivity index (χ3v) is 2.58. The summed E-state index contributed by atoms with van der Waals surface area (Å²) in [6, 6.07) is -2.31. The molecule has 8 N–H and O–H groups in total. The molecule has 0 rings (SSSR count). The Bertz CT molecular complexity index is 337. The maximum absolute atomic E-state index is 11.9. The summed E-state index contributed by atoms with van der Waals surface area (Å²) < 4.78 is 0. The number of nitrogens with two attached hydrogens (primary N) is 2. The van der Waals surface area contributed by atoms with Crippen LogP contribution in [0.3, 0.4) is 0 Å². The lowest BCUT2D eigenvalue weighted by Crippen LogP contribution is -2.53. The minimum atomic E-state index is -1.41. The maximum Gasteiger partial charge on any atom is 0.328 e. The summed E-state index contributed by atoms with van der Waals surface area (Å²) in [6.07, 6.45) is 1.58. The molecule has 0 bridgehead atoms. The van der Waals surface area contributed by atoms with E-state index in [0.717, 1.165) is 0 Å². The lowest BCUT2D eigenvalue weighted by atomic mass is 10.1. The monoisotopic (exact) mass is 290 g/mol. The van der Waals surface area contributed by atoms with E-state index in [0.29, 0.717) is 25.8 Å². The average molecular weight is 290 g/mol. The van der Waals surface area contributed by atoms with Gasteiger partial charge in [0.2, 0.25) is 11.8 Å². The zero-order valence-corrected chi connectivity index (χ0v) is 11.2. The molecule has 2 atom stereocenters. The molecule has 0 aromatic rings. The van der Waals surface area contributed by atoms with Crippen molar-refractivity contribution in [2.24, 2.45) is 11.5 Å². The van der Waals surface area contributed by atoms with Crippen LogP contribution in [0.15, 0.2) is 0 Å². The molecule has 0 aliphatic heterocycles. The second-order valence-corrected chi connectivity index (χ2v) is 4.19. The number of aliphatic hydroxyl groups is 1. The summed E-state index contributed by atoms with van der Waals surface area (Å²) in [7, 11) is 0. The van der Waals surface area contributed by atoms with Crippen LogP contribution in [-0.2, 0) is 14.4 Å². The Kier molecular flexibility index (Phi) is 9.26. The van der Waals surface area contributed by atoms with Gasteiger partial charge in [-0.2, -0.15) is 0 Å². The normalized spacial score (nSPS) is 13.3. The van der Waals surface area contributed by atoms with E-state index in [4.69, 9.17) is 21.7 Å². The first-order valence-corrected chi connectivity index (χ1v) is 6.29. The van der Waals surface area contributed by atoms with Gasteiger partial charge >= 0.3 is 5.97 Å². The van der Waals surface area contributed by atoms with Crippen molar-refractivity contribution in [3.05, 3.63) is 0 Å². The third-order valence-electron chi connectivity index (χ3n) is 2.58. The molecule has 0 aliphatic rings. The Morgan fingerprint density at radius 3 is 2.15 bits per heavy atom. The van der Waals surface area contributed by atoms with Gasteiger partial charge in [-0.05, 0) is 25.8 Å². The van der Waals surface area contributed by atoms with E-state index >= 15 is 0 Å². The van der Waals surface area contributed by atoms with Crippen LogP contribution in [0.1, 0.15) is 19.3 Å². The highest BCUT2D eigenvalue weighted by atomic mass is 16.4. The molecule has 0 aromatic heterocycles. The predicted octanol–water partition coefficient (Wildman–Crippen LogP) is -2.88. The Hall–Kier alpha value is -1.71. The summed E-state index contributed by atoms with van der Waals surface area (Å²) in [5, 5.41) is 22.1. The first kappa shape index (κ1) is 18.3. The number of hydrogen-bond donors (Lipinski definition) is 6. The Balaban J connectivity index is 4.59. The van der Waals surface area contributed by atoms with Crippen molar-refractivity contribution in [3.63, 3.8) is 0 Å². The van der Waals surface area contributed by atoms with E-state index in [9.17, 15) is 14.4 Å². The van der Waals surface area contributed by atoms with Crippen LogP contribution in [0.2, 0.25) is 0 Å².